The van der Waals surface area contributed by atoms with E-state index in [1.54, 1.807) is 29.6 Å². The largest absolute Gasteiger partial charge is 0.450 e. The molecule has 144 valence electrons. The third-order valence-corrected chi connectivity index (χ3v) is 4.23. The lowest BCUT2D eigenvalue weighted by molar-refractivity contribution is 0.152. The standard InChI is InChI=1S/C17H28N6O2S/c1-6-25-17(24)18-7-8-23-15-13(10-20-23)14(19-9-11(2)3)21-16(22-15)26-12(4)5/h10-12H,6-9H2,1-5H3,(H,18,24)(H,19,21,22). The number of anilines is 1. The maximum absolute atomic E-state index is 11.4. The summed E-state index contributed by atoms with van der Waals surface area (Å²) in [4.78, 5) is 20.7. The normalized spacial score (nSPS) is 11.3. The molecule has 2 rings (SSSR count). The number of fused-ring (bicyclic) bond motifs is 1. The number of hydrogen-bond acceptors (Lipinski definition) is 7. The maximum Gasteiger partial charge on any atom is 0.407 e. The Labute approximate surface area is 158 Å². The molecule has 2 aromatic heterocycles. The molecule has 8 nitrogen and oxygen atoms in total. The predicted molar refractivity (Wildman–Crippen MR) is 105 cm³/mol. The lowest BCUT2D eigenvalue weighted by atomic mass is 10.2. The summed E-state index contributed by atoms with van der Waals surface area (Å²) in [5.74, 6) is 1.31. The van der Waals surface area contributed by atoms with Gasteiger partial charge in [-0.3, -0.25) is 0 Å². The van der Waals surface area contributed by atoms with Gasteiger partial charge in [0.05, 0.1) is 24.7 Å². The lowest BCUT2D eigenvalue weighted by Gasteiger charge is -2.12. The minimum absolute atomic E-state index is 0.352. The predicted octanol–water partition coefficient (Wildman–Crippen LogP) is 3.14. The molecular weight excluding hydrogens is 352 g/mol. The average Bonchev–Trinajstić information content (AvgIpc) is 2.95. The number of thioether (sulfide) groups is 1. The average molecular weight is 381 g/mol. The van der Waals surface area contributed by atoms with E-state index in [2.05, 4.69) is 53.4 Å². The Bertz CT molecular complexity index is 731. The molecule has 0 aliphatic heterocycles. The van der Waals surface area contributed by atoms with Gasteiger partial charge in [0.1, 0.15) is 5.82 Å². The number of carbonyl (C=O) groups is 1. The van der Waals surface area contributed by atoms with Crippen molar-refractivity contribution in [2.75, 3.05) is 25.0 Å². The lowest BCUT2D eigenvalue weighted by Crippen LogP contribution is -2.28. The van der Waals surface area contributed by atoms with Gasteiger partial charge < -0.3 is 15.4 Å². The summed E-state index contributed by atoms with van der Waals surface area (Å²) >= 11 is 1.62. The van der Waals surface area contributed by atoms with Crippen molar-refractivity contribution >= 4 is 34.7 Å². The zero-order valence-electron chi connectivity index (χ0n) is 16.1. The van der Waals surface area contributed by atoms with Crippen molar-refractivity contribution in [3.8, 4) is 0 Å². The summed E-state index contributed by atoms with van der Waals surface area (Å²) in [7, 11) is 0. The van der Waals surface area contributed by atoms with Crippen LogP contribution in [0, 0.1) is 5.92 Å². The fourth-order valence-electron chi connectivity index (χ4n) is 2.24. The fraction of sp³-hybridized carbons (Fsp3) is 0.647. The van der Waals surface area contributed by atoms with Crippen LogP contribution in [0.15, 0.2) is 11.4 Å². The molecular formula is C17H28N6O2S. The molecule has 0 aliphatic rings. The molecule has 9 heteroatoms. The number of carbonyl (C=O) groups excluding carboxylic acids is 1. The van der Waals surface area contributed by atoms with Gasteiger partial charge in [-0.15, -0.1) is 0 Å². The fourth-order valence-corrected chi connectivity index (χ4v) is 2.95. The van der Waals surface area contributed by atoms with E-state index < -0.39 is 6.09 Å². The SMILES string of the molecule is CCOC(=O)NCCn1ncc2c(NCC(C)C)nc(SC(C)C)nc21. The summed E-state index contributed by atoms with van der Waals surface area (Å²) < 4.78 is 6.65. The first-order valence-electron chi connectivity index (χ1n) is 8.95. The second-order valence-corrected chi connectivity index (χ2v) is 8.09. The summed E-state index contributed by atoms with van der Waals surface area (Å²) in [6, 6.07) is 0. The van der Waals surface area contributed by atoms with Crippen LogP contribution in [0.4, 0.5) is 10.6 Å². The number of nitrogens with zero attached hydrogens (tertiary/aromatic N) is 4. The molecule has 0 fully saturated rings. The maximum atomic E-state index is 11.4. The highest BCUT2D eigenvalue weighted by atomic mass is 32.2. The van der Waals surface area contributed by atoms with Crippen LogP contribution in [-0.4, -0.2) is 50.8 Å². The first-order chi connectivity index (χ1) is 12.4. The third kappa shape index (κ3) is 5.76. The number of nitrogens with one attached hydrogen (secondary N) is 2. The molecule has 0 aromatic carbocycles. The quantitative estimate of drug-likeness (QED) is 0.510. The van der Waals surface area contributed by atoms with Gasteiger partial charge in [0.15, 0.2) is 10.8 Å². The van der Waals surface area contributed by atoms with E-state index in [9.17, 15) is 4.79 Å². The Hall–Kier alpha value is -2.03. The third-order valence-electron chi connectivity index (χ3n) is 3.36. The number of amides is 1. The van der Waals surface area contributed by atoms with E-state index in [0.717, 1.165) is 28.6 Å². The zero-order valence-corrected chi connectivity index (χ0v) is 16.9. The number of aromatic nitrogens is 4. The minimum Gasteiger partial charge on any atom is -0.450 e. The molecule has 0 unspecified atom stereocenters. The van der Waals surface area contributed by atoms with Crippen molar-refractivity contribution < 1.29 is 9.53 Å². The highest BCUT2D eigenvalue weighted by Gasteiger charge is 2.14. The van der Waals surface area contributed by atoms with Crippen LogP contribution in [0.2, 0.25) is 0 Å². The monoisotopic (exact) mass is 380 g/mol. The first-order valence-corrected chi connectivity index (χ1v) is 9.83. The second-order valence-electron chi connectivity index (χ2n) is 6.55. The van der Waals surface area contributed by atoms with Gasteiger partial charge in [0, 0.05) is 18.3 Å². The summed E-state index contributed by atoms with van der Waals surface area (Å²) in [6.45, 7) is 12.4. The van der Waals surface area contributed by atoms with Crippen molar-refractivity contribution in [3.63, 3.8) is 0 Å². The van der Waals surface area contributed by atoms with E-state index in [4.69, 9.17) is 4.74 Å². The molecule has 0 aliphatic carbocycles. The van der Waals surface area contributed by atoms with Gasteiger partial charge in [0.25, 0.3) is 0 Å². The molecule has 0 saturated carbocycles. The summed E-state index contributed by atoms with van der Waals surface area (Å²) in [5, 5.41) is 12.5. The van der Waals surface area contributed by atoms with Crippen LogP contribution in [-0.2, 0) is 11.3 Å². The number of ether oxygens (including phenoxy) is 1. The highest BCUT2D eigenvalue weighted by molar-refractivity contribution is 7.99. The van der Waals surface area contributed by atoms with E-state index >= 15 is 0 Å². The molecule has 0 bridgehead atoms. The topological polar surface area (TPSA) is 94.0 Å². The van der Waals surface area contributed by atoms with Crippen LogP contribution in [0.25, 0.3) is 11.0 Å². The first kappa shape index (κ1) is 20.3. The zero-order chi connectivity index (χ0) is 19.1. The Morgan fingerprint density at radius 3 is 2.73 bits per heavy atom. The van der Waals surface area contributed by atoms with Crippen molar-refractivity contribution in [3.05, 3.63) is 6.20 Å². The van der Waals surface area contributed by atoms with Gasteiger partial charge in [-0.25, -0.2) is 19.4 Å². The van der Waals surface area contributed by atoms with Gasteiger partial charge in [-0.05, 0) is 12.8 Å². The van der Waals surface area contributed by atoms with E-state index in [-0.39, 0.29) is 0 Å². The molecule has 1 amide bonds. The number of alkyl carbamates (subject to hydrolysis) is 1. The molecule has 0 saturated heterocycles. The summed E-state index contributed by atoms with van der Waals surface area (Å²) in [6.07, 6.45) is 1.35. The smallest absolute Gasteiger partial charge is 0.407 e. The minimum atomic E-state index is -0.422. The van der Waals surface area contributed by atoms with Crippen LogP contribution >= 0.6 is 11.8 Å². The van der Waals surface area contributed by atoms with Gasteiger partial charge >= 0.3 is 6.09 Å². The summed E-state index contributed by atoms with van der Waals surface area (Å²) in [5.41, 5.74) is 0.764. The van der Waals surface area contributed by atoms with Crippen molar-refractivity contribution in [1.29, 1.82) is 0 Å². The van der Waals surface area contributed by atoms with Crippen molar-refractivity contribution in [1.82, 2.24) is 25.1 Å². The molecule has 2 N–H and O–H groups in total. The van der Waals surface area contributed by atoms with Gasteiger partial charge in [-0.2, -0.15) is 5.10 Å². The second kappa shape index (κ2) is 9.61. The van der Waals surface area contributed by atoms with Crippen molar-refractivity contribution in [2.24, 2.45) is 5.92 Å². The van der Waals surface area contributed by atoms with Gasteiger partial charge in [-0.1, -0.05) is 39.5 Å². The van der Waals surface area contributed by atoms with Crippen LogP contribution in [0.3, 0.4) is 0 Å². The molecule has 0 radical (unpaired) electrons. The van der Waals surface area contributed by atoms with Gasteiger partial charge in [0.2, 0.25) is 0 Å². The van der Waals surface area contributed by atoms with Crippen molar-refractivity contribution in [2.45, 2.75) is 51.6 Å². The number of hydrogen-bond donors (Lipinski definition) is 2. The molecule has 2 aromatic rings. The molecule has 0 atom stereocenters. The van der Waals surface area contributed by atoms with Crippen LogP contribution < -0.4 is 10.6 Å². The van der Waals surface area contributed by atoms with E-state index in [1.807, 2.05) is 0 Å². The highest BCUT2D eigenvalue weighted by Crippen LogP contribution is 2.26. The Kier molecular flexibility index (Phi) is 7.50. The van der Waals surface area contributed by atoms with E-state index in [1.165, 1.54) is 0 Å². The molecule has 2 heterocycles. The molecule has 0 spiro atoms. The number of rotatable bonds is 9. The van der Waals surface area contributed by atoms with Crippen LogP contribution in [0.5, 0.6) is 0 Å². The molecule has 26 heavy (non-hydrogen) atoms. The Morgan fingerprint density at radius 2 is 2.08 bits per heavy atom. The Balaban J connectivity index is 2.22. The van der Waals surface area contributed by atoms with Crippen LogP contribution in [0.1, 0.15) is 34.6 Å². The Morgan fingerprint density at radius 1 is 1.31 bits per heavy atom. The van der Waals surface area contributed by atoms with E-state index in [0.29, 0.717) is 30.9 Å².